The molecule has 0 bridgehead atoms. The van der Waals surface area contributed by atoms with Crippen LogP contribution in [0.15, 0.2) is 24.3 Å². The standard InChI is InChI=1S/C18H20F2N4O2/c1-3-16(25)21-10-13-11-22(17-8-9-24(26)23(17)12-13)15-6-4-14(5-7-15)18(2,19)20/h1,4-7,13,17H,8-12H2,2H3/p+1. The number of benzene rings is 1. The molecule has 0 aliphatic carbocycles. The number of carbonyl (C=O) groups excluding carboxylic acids is 1. The number of anilines is 1. The van der Waals surface area contributed by atoms with E-state index in [2.05, 4.69) is 5.32 Å². The van der Waals surface area contributed by atoms with Crippen molar-refractivity contribution in [3.05, 3.63) is 34.7 Å². The minimum absolute atomic E-state index is 0.00890. The van der Waals surface area contributed by atoms with E-state index in [9.17, 15) is 18.5 Å². The molecule has 138 valence electrons. The van der Waals surface area contributed by atoms with Gasteiger partial charge < -0.3 is 10.2 Å². The van der Waals surface area contributed by atoms with Gasteiger partial charge in [0.05, 0.1) is 17.9 Å². The summed E-state index contributed by atoms with van der Waals surface area (Å²) in [4.78, 5) is 26.4. The second kappa shape index (κ2) is 6.90. The van der Waals surface area contributed by atoms with Gasteiger partial charge in [-0.15, -0.1) is 11.4 Å². The lowest BCUT2D eigenvalue weighted by Crippen LogP contribution is -2.57. The van der Waals surface area contributed by atoms with Gasteiger partial charge in [-0.05, 0) is 18.1 Å². The van der Waals surface area contributed by atoms with E-state index in [1.807, 2.05) is 10.8 Å². The summed E-state index contributed by atoms with van der Waals surface area (Å²) in [6.45, 7) is 2.71. The van der Waals surface area contributed by atoms with Crippen molar-refractivity contribution in [2.24, 2.45) is 5.92 Å². The second-order valence-electron chi connectivity index (χ2n) is 6.78. The minimum Gasteiger partial charge on any atom is -0.346 e. The number of nitrogens with one attached hydrogen (secondary N) is 1. The molecule has 3 rings (SSSR count). The predicted octanol–water partition coefficient (Wildman–Crippen LogP) is 1.71. The molecule has 1 amide bonds. The van der Waals surface area contributed by atoms with E-state index < -0.39 is 11.8 Å². The Kier molecular flexibility index (Phi) is 4.81. The number of hydrogen-bond donors (Lipinski definition) is 1. The summed E-state index contributed by atoms with van der Waals surface area (Å²) in [7, 11) is 0. The molecular weight excluding hydrogens is 342 g/mol. The normalized spacial score (nSPS) is 22.8. The number of terminal acetylenes is 1. The predicted molar refractivity (Wildman–Crippen MR) is 92.3 cm³/mol. The lowest BCUT2D eigenvalue weighted by molar-refractivity contribution is -0.692. The molecule has 2 saturated heterocycles. The number of nitrogens with zero attached hydrogens (tertiary/aromatic N) is 3. The Morgan fingerprint density at radius 2 is 2.08 bits per heavy atom. The fourth-order valence-electron chi connectivity index (χ4n) is 3.54. The molecule has 2 aliphatic rings. The van der Waals surface area contributed by atoms with E-state index in [0.717, 1.165) is 17.5 Å². The minimum atomic E-state index is -2.90. The molecule has 2 unspecified atom stereocenters. The number of hydrogen-bond acceptors (Lipinski definition) is 3. The zero-order chi connectivity index (χ0) is 18.9. The Labute approximate surface area is 150 Å². The van der Waals surface area contributed by atoms with Crippen molar-refractivity contribution in [2.45, 2.75) is 25.4 Å². The topological polar surface area (TPSA) is 55.7 Å². The smallest absolute Gasteiger partial charge is 0.295 e. The molecule has 0 saturated carbocycles. The number of amides is 1. The number of nitroso groups, excluding NO2 is 1. The molecule has 2 atom stereocenters. The van der Waals surface area contributed by atoms with Crippen molar-refractivity contribution < 1.29 is 18.4 Å². The molecule has 0 aromatic heterocycles. The first-order valence-electron chi connectivity index (χ1n) is 8.50. The Morgan fingerprint density at radius 1 is 1.38 bits per heavy atom. The molecule has 1 aromatic rings. The Balaban J connectivity index is 1.80. The van der Waals surface area contributed by atoms with Gasteiger partial charge in [0.25, 0.3) is 11.8 Å². The van der Waals surface area contributed by atoms with Crippen LogP contribution in [-0.4, -0.2) is 48.1 Å². The summed E-state index contributed by atoms with van der Waals surface area (Å²) >= 11 is 0. The molecule has 0 spiro atoms. The summed E-state index contributed by atoms with van der Waals surface area (Å²) in [6.07, 6.45) is 5.61. The van der Waals surface area contributed by atoms with Crippen LogP contribution in [0.1, 0.15) is 18.9 Å². The number of fused-ring (bicyclic) bond motifs is 1. The van der Waals surface area contributed by atoms with E-state index in [4.69, 9.17) is 6.42 Å². The first-order valence-corrected chi connectivity index (χ1v) is 8.50. The first-order chi connectivity index (χ1) is 12.3. The highest BCUT2D eigenvalue weighted by atomic mass is 19.3. The summed E-state index contributed by atoms with van der Waals surface area (Å²) in [5.41, 5.74) is 0.723. The largest absolute Gasteiger partial charge is 0.346 e. The van der Waals surface area contributed by atoms with Gasteiger partial charge in [0.2, 0.25) is 6.54 Å². The van der Waals surface area contributed by atoms with Crippen LogP contribution in [0, 0.1) is 23.2 Å². The molecule has 8 heteroatoms. The zero-order valence-corrected chi connectivity index (χ0v) is 14.5. The fraction of sp³-hybridized carbons (Fsp3) is 0.500. The summed E-state index contributed by atoms with van der Waals surface area (Å²) < 4.78 is 26.9. The van der Waals surface area contributed by atoms with Crippen molar-refractivity contribution in [3.63, 3.8) is 0 Å². The molecule has 0 radical (unpaired) electrons. The molecule has 2 fully saturated rings. The quantitative estimate of drug-likeness (QED) is 0.654. The van der Waals surface area contributed by atoms with Gasteiger partial charge in [0, 0.05) is 37.2 Å². The molecule has 2 heterocycles. The first kappa shape index (κ1) is 18.1. The fourth-order valence-corrected chi connectivity index (χ4v) is 3.54. The Bertz CT molecular complexity index is 739. The van der Waals surface area contributed by atoms with E-state index in [0.29, 0.717) is 32.6 Å². The highest BCUT2D eigenvalue weighted by molar-refractivity contribution is 5.92. The highest BCUT2D eigenvalue weighted by Gasteiger charge is 2.47. The summed E-state index contributed by atoms with van der Waals surface area (Å²) in [5.74, 6) is -1.39. The van der Waals surface area contributed by atoms with Crippen LogP contribution >= 0.6 is 0 Å². The van der Waals surface area contributed by atoms with Gasteiger partial charge >= 0.3 is 0 Å². The van der Waals surface area contributed by atoms with Crippen molar-refractivity contribution in [3.8, 4) is 12.3 Å². The maximum atomic E-state index is 13.4. The maximum Gasteiger partial charge on any atom is 0.295 e. The average Bonchev–Trinajstić information content (AvgIpc) is 2.99. The third kappa shape index (κ3) is 3.62. The van der Waals surface area contributed by atoms with Gasteiger partial charge in [-0.25, -0.2) is 8.78 Å². The van der Waals surface area contributed by atoms with Crippen molar-refractivity contribution in [1.29, 1.82) is 0 Å². The second-order valence-corrected chi connectivity index (χ2v) is 6.78. The number of halogens is 2. The van der Waals surface area contributed by atoms with E-state index >= 15 is 0 Å². The van der Waals surface area contributed by atoms with Crippen molar-refractivity contribution in [2.75, 3.05) is 31.1 Å². The highest BCUT2D eigenvalue weighted by Crippen LogP contribution is 2.33. The van der Waals surface area contributed by atoms with Crippen LogP contribution in [-0.2, 0) is 10.7 Å². The van der Waals surface area contributed by atoms with E-state index in [1.165, 1.54) is 12.1 Å². The van der Waals surface area contributed by atoms with Gasteiger partial charge in [-0.1, -0.05) is 12.1 Å². The van der Waals surface area contributed by atoms with Crippen molar-refractivity contribution in [1.82, 2.24) is 10.3 Å². The number of rotatable bonds is 4. The molecule has 1 aromatic carbocycles. The number of hydrazine groups is 1. The van der Waals surface area contributed by atoms with Gasteiger partial charge in [-0.2, -0.15) is 0 Å². The third-order valence-corrected chi connectivity index (χ3v) is 4.86. The number of carbonyl (C=O) groups is 1. The van der Waals surface area contributed by atoms with Gasteiger partial charge in [0.15, 0.2) is 6.17 Å². The molecule has 26 heavy (non-hydrogen) atoms. The van der Waals surface area contributed by atoms with Crippen LogP contribution in [0.2, 0.25) is 0 Å². The summed E-state index contributed by atoms with van der Waals surface area (Å²) in [6, 6.07) is 6.13. The zero-order valence-electron chi connectivity index (χ0n) is 14.5. The van der Waals surface area contributed by atoms with Crippen LogP contribution in [0.4, 0.5) is 14.5 Å². The average molecular weight is 363 g/mol. The number of alkyl halides is 2. The van der Waals surface area contributed by atoms with Gasteiger partial charge in [0.1, 0.15) is 4.87 Å². The molecule has 6 nitrogen and oxygen atoms in total. The lowest BCUT2D eigenvalue weighted by atomic mass is 10.0. The van der Waals surface area contributed by atoms with E-state index in [1.54, 1.807) is 17.1 Å². The maximum absolute atomic E-state index is 13.4. The molecule has 2 aliphatic heterocycles. The summed E-state index contributed by atoms with van der Waals surface area (Å²) in [5, 5.41) is 4.37. The third-order valence-electron chi connectivity index (χ3n) is 4.86. The van der Waals surface area contributed by atoms with Crippen LogP contribution in [0.25, 0.3) is 0 Å². The lowest BCUT2D eigenvalue weighted by Gasteiger charge is -2.40. The SMILES string of the molecule is C#CC(=O)NCC1CN(c2ccc(C(C)(F)F)cc2)C2CC[N+](=O)N2C1. The van der Waals surface area contributed by atoms with E-state index in [-0.39, 0.29) is 17.6 Å². The van der Waals surface area contributed by atoms with Crippen LogP contribution in [0.5, 0.6) is 0 Å². The van der Waals surface area contributed by atoms with Crippen LogP contribution < -0.4 is 10.2 Å². The Morgan fingerprint density at radius 3 is 2.69 bits per heavy atom. The van der Waals surface area contributed by atoms with Crippen LogP contribution in [0.3, 0.4) is 0 Å². The molecule has 1 N–H and O–H groups in total. The van der Waals surface area contributed by atoms with Gasteiger partial charge in [-0.3, -0.25) is 4.79 Å². The van der Waals surface area contributed by atoms with Crippen molar-refractivity contribution >= 4 is 11.6 Å². The monoisotopic (exact) mass is 363 g/mol. The molecular formula is C18H21F2N4O2+. The Hall–Kier alpha value is -2.69.